The summed E-state index contributed by atoms with van der Waals surface area (Å²) in [5, 5.41) is 19.2. The average Bonchev–Trinajstić information content (AvgIpc) is 3.12. The number of likely N-dealkylation sites (tertiary alicyclic amines) is 1. The van der Waals surface area contributed by atoms with Crippen LogP contribution >= 0.6 is 0 Å². The molecule has 0 aromatic carbocycles. The molecule has 1 amide bonds. The molecule has 4 heterocycles. The molecule has 0 bridgehead atoms. The third-order valence-electron chi connectivity index (χ3n) is 5.77. The van der Waals surface area contributed by atoms with Gasteiger partial charge in [-0.05, 0) is 18.9 Å². The Morgan fingerprint density at radius 3 is 2.66 bits per heavy atom. The van der Waals surface area contributed by atoms with Crippen LogP contribution in [0.2, 0.25) is 0 Å². The fraction of sp³-hybridized carbons (Fsp3) is 0.611. The van der Waals surface area contributed by atoms with Gasteiger partial charge in [0.2, 0.25) is 5.91 Å². The first kappa shape index (κ1) is 19.9. The molecule has 1 saturated heterocycles. The second-order valence-corrected chi connectivity index (χ2v) is 7.54. The van der Waals surface area contributed by atoms with Crippen molar-refractivity contribution in [3.05, 3.63) is 23.4 Å². The number of ether oxygens (including phenoxy) is 1. The number of aromatic nitrogens is 2. The Bertz CT molecular complexity index is 857. The Morgan fingerprint density at radius 1 is 1.34 bits per heavy atom. The smallest absolute Gasteiger partial charge is 0.376 e. The van der Waals surface area contributed by atoms with Gasteiger partial charge in [-0.2, -0.15) is 18.3 Å². The van der Waals surface area contributed by atoms with Gasteiger partial charge in [-0.15, -0.1) is 0 Å². The highest BCUT2D eigenvalue weighted by atomic mass is 19.4. The zero-order valence-electron chi connectivity index (χ0n) is 15.8. The predicted octanol–water partition coefficient (Wildman–Crippen LogP) is 1.66. The molecule has 1 aromatic rings. The van der Waals surface area contributed by atoms with E-state index >= 15 is 0 Å². The lowest BCUT2D eigenvalue weighted by Gasteiger charge is -2.37. The summed E-state index contributed by atoms with van der Waals surface area (Å²) < 4.78 is 46.2. The summed E-state index contributed by atoms with van der Waals surface area (Å²) in [6.07, 6.45) is -1.13. The van der Waals surface area contributed by atoms with Gasteiger partial charge in [-0.3, -0.25) is 14.9 Å². The van der Waals surface area contributed by atoms with Gasteiger partial charge in [0.15, 0.2) is 11.4 Å². The van der Waals surface area contributed by atoms with E-state index in [4.69, 9.17) is 4.74 Å². The van der Waals surface area contributed by atoms with Gasteiger partial charge in [-0.1, -0.05) is 6.08 Å². The lowest BCUT2D eigenvalue weighted by atomic mass is 9.81. The average molecular weight is 413 g/mol. The Morgan fingerprint density at radius 2 is 2.07 bits per heavy atom. The van der Waals surface area contributed by atoms with Crippen molar-refractivity contribution in [1.82, 2.24) is 15.1 Å². The van der Waals surface area contributed by atoms with Crippen molar-refractivity contribution in [3.8, 4) is 0 Å². The quantitative estimate of drug-likeness (QED) is 0.685. The number of aromatic amines is 1. The van der Waals surface area contributed by atoms with Gasteiger partial charge >= 0.3 is 6.18 Å². The Balaban J connectivity index is 1.53. The van der Waals surface area contributed by atoms with E-state index in [-0.39, 0.29) is 29.1 Å². The third kappa shape index (κ3) is 3.42. The van der Waals surface area contributed by atoms with Gasteiger partial charge in [0.25, 0.3) is 0 Å². The monoisotopic (exact) mass is 413 g/mol. The molecule has 8 nitrogen and oxygen atoms in total. The van der Waals surface area contributed by atoms with Crippen molar-refractivity contribution in [3.63, 3.8) is 0 Å². The molecule has 1 aromatic heterocycles. The minimum atomic E-state index is -4.99. The third-order valence-corrected chi connectivity index (χ3v) is 5.77. The first-order chi connectivity index (χ1) is 13.7. The lowest BCUT2D eigenvalue weighted by molar-refractivity contribution is -0.267. The first-order valence-electron chi connectivity index (χ1n) is 9.41. The number of methoxy groups -OCH3 is 1. The predicted molar refractivity (Wildman–Crippen MR) is 97.6 cm³/mol. The van der Waals surface area contributed by atoms with Crippen molar-refractivity contribution in [2.24, 2.45) is 4.99 Å². The van der Waals surface area contributed by atoms with E-state index in [9.17, 15) is 23.1 Å². The molecule has 0 saturated carbocycles. The number of hydrogen-bond donors (Lipinski definition) is 3. The van der Waals surface area contributed by atoms with Crippen LogP contribution in [0.3, 0.4) is 0 Å². The molecule has 0 radical (unpaired) electrons. The number of amides is 1. The number of aliphatic hydroxyl groups is 1. The number of fused-ring (bicyclic) bond motifs is 1. The molecule has 158 valence electrons. The van der Waals surface area contributed by atoms with E-state index in [1.54, 1.807) is 7.11 Å². The summed E-state index contributed by atoms with van der Waals surface area (Å²) >= 11 is 0. The van der Waals surface area contributed by atoms with Crippen molar-refractivity contribution < 1.29 is 27.8 Å². The number of H-pyrrole nitrogens is 1. The summed E-state index contributed by atoms with van der Waals surface area (Å²) in [6.45, 7) is 1.75. The summed E-state index contributed by atoms with van der Waals surface area (Å²) in [6, 6.07) is 0. The minimum absolute atomic E-state index is 0.0388. The number of hydrogen-bond acceptors (Lipinski definition) is 6. The normalized spacial score (nSPS) is 28.2. The maximum Gasteiger partial charge on any atom is 0.422 e. The number of nitrogens with zero attached hydrogens (tertiary/aromatic N) is 3. The molecule has 3 aliphatic rings. The van der Waals surface area contributed by atoms with Gasteiger partial charge in [-0.25, -0.2) is 0 Å². The van der Waals surface area contributed by atoms with Crippen molar-refractivity contribution >= 4 is 17.6 Å². The van der Waals surface area contributed by atoms with Crippen molar-refractivity contribution in [2.75, 3.05) is 32.1 Å². The van der Waals surface area contributed by atoms with E-state index in [0.717, 1.165) is 5.84 Å². The summed E-state index contributed by atoms with van der Waals surface area (Å²) in [4.78, 5) is 18.3. The van der Waals surface area contributed by atoms with E-state index < -0.39 is 24.1 Å². The van der Waals surface area contributed by atoms with Gasteiger partial charge < -0.3 is 20.1 Å². The van der Waals surface area contributed by atoms with Crippen LogP contribution in [-0.2, 0) is 15.1 Å². The maximum atomic E-state index is 13.7. The number of rotatable bonds is 2. The first-order valence-corrected chi connectivity index (χ1v) is 9.41. The van der Waals surface area contributed by atoms with Crippen LogP contribution in [0, 0.1) is 0 Å². The van der Waals surface area contributed by atoms with Crippen LogP contribution < -0.4 is 5.32 Å². The molecule has 3 N–H and O–H groups in total. The molecule has 3 aliphatic heterocycles. The number of nitrogens with one attached hydrogen (secondary N) is 2. The topological polar surface area (TPSA) is 103 Å². The number of dihydropyridines is 1. The fourth-order valence-electron chi connectivity index (χ4n) is 4.15. The SMILES string of the molecule is COC1C=CC(N2CCC(c3[nH]nc4c3C(O)(C(F)(F)F)CC(=O)N4)CC2)=NC1. The lowest BCUT2D eigenvalue weighted by Crippen LogP contribution is -2.49. The zero-order valence-corrected chi connectivity index (χ0v) is 15.8. The summed E-state index contributed by atoms with van der Waals surface area (Å²) in [5.41, 5.74) is -3.36. The molecule has 1 fully saturated rings. The molecule has 2 unspecified atom stereocenters. The van der Waals surface area contributed by atoms with Crippen LogP contribution in [0.5, 0.6) is 0 Å². The van der Waals surface area contributed by atoms with E-state index in [2.05, 4.69) is 25.4 Å². The van der Waals surface area contributed by atoms with Gasteiger partial charge in [0.05, 0.1) is 24.6 Å². The van der Waals surface area contributed by atoms with Gasteiger partial charge in [0.1, 0.15) is 5.84 Å². The Hall–Kier alpha value is -2.40. The number of halogens is 3. The molecule has 4 rings (SSSR count). The van der Waals surface area contributed by atoms with Crippen LogP contribution in [0.15, 0.2) is 17.1 Å². The number of carbonyl (C=O) groups excluding carboxylic acids is 1. The Kier molecular flexibility index (Phi) is 4.89. The van der Waals surface area contributed by atoms with E-state index in [1.807, 2.05) is 12.2 Å². The second-order valence-electron chi connectivity index (χ2n) is 7.54. The largest absolute Gasteiger partial charge is 0.422 e. The highest BCUT2D eigenvalue weighted by Gasteiger charge is 2.61. The van der Waals surface area contributed by atoms with Crippen LogP contribution in [0.4, 0.5) is 19.0 Å². The summed E-state index contributed by atoms with van der Waals surface area (Å²) in [7, 11) is 1.62. The number of amidine groups is 1. The Labute approximate surface area is 164 Å². The second kappa shape index (κ2) is 7.13. The highest BCUT2D eigenvalue weighted by Crippen LogP contribution is 2.49. The minimum Gasteiger partial charge on any atom is -0.376 e. The van der Waals surface area contributed by atoms with Crippen molar-refractivity contribution in [2.45, 2.75) is 43.1 Å². The van der Waals surface area contributed by atoms with Crippen LogP contribution in [0.1, 0.15) is 36.4 Å². The van der Waals surface area contributed by atoms with Crippen molar-refractivity contribution in [1.29, 1.82) is 0 Å². The molecular weight excluding hydrogens is 391 g/mol. The van der Waals surface area contributed by atoms with Crippen LogP contribution in [-0.4, -0.2) is 71.0 Å². The number of carbonyl (C=O) groups is 1. The molecule has 29 heavy (non-hydrogen) atoms. The zero-order chi connectivity index (χ0) is 20.8. The molecule has 0 spiro atoms. The van der Waals surface area contributed by atoms with Gasteiger partial charge in [0, 0.05) is 31.8 Å². The van der Waals surface area contributed by atoms with Crippen LogP contribution in [0.25, 0.3) is 0 Å². The summed E-state index contributed by atoms with van der Waals surface area (Å²) in [5.74, 6) is -0.570. The molecule has 2 atom stereocenters. The number of aliphatic imine (C=N–C) groups is 1. The van der Waals surface area contributed by atoms with E-state index in [0.29, 0.717) is 32.5 Å². The highest BCUT2D eigenvalue weighted by molar-refractivity contribution is 5.95. The molecule has 11 heteroatoms. The maximum absolute atomic E-state index is 13.7. The fourth-order valence-corrected chi connectivity index (χ4v) is 4.15. The number of piperidine rings is 1. The number of alkyl halides is 3. The number of anilines is 1. The standard InChI is InChI=1S/C18H22F3N5O3/c1-29-11-2-3-12(22-9-11)26-6-4-10(5-7-26)15-14-16(25-24-15)23-13(27)8-17(14,28)18(19,20)21/h2-3,10-11,28H,4-9H2,1H3,(H2,23,24,25,27). The van der Waals surface area contributed by atoms with E-state index in [1.165, 1.54) is 0 Å². The molecular formula is C18H22F3N5O3. The molecule has 0 aliphatic carbocycles.